The van der Waals surface area contributed by atoms with Crippen molar-refractivity contribution in [1.82, 2.24) is 14.5 Å². The van der Waals surface area contributed by atoms with Crippen LogP contribution in [-0.4, -0.2) is 34.1 Å². The maximum Gasteiger partial charge on any atom is 0.127 e. The van der Waals surface area contributed by atoms with Crippen LogP contribution in [0.1, 0.15) is 18.7 Å². The zero-order valence-corrected chi connectivity index (χ0v) is 11.8. The number of imidazole rings is 1. The van der Waals surface area contributed by atoms with Crippen LogP contribution in [0.15, 0.2) is 42.7 Å². The molecule has 1 aliphatic rings. The SMILES string of the molecule is NCC1CCN(Cc2nccn2-c2ccccc2)CC1. The summed E-state index contributed by atoms with van der Waals surface area (Å²) in [5.41, 5.74) is 6.93. The van der Waals surface area contributed by atoms with Crippen molar-refractivity contribution in [1.29, 1.82) is 0 Å². The summed E-state index contributed by atoms with van der Waals surface area (Å²) in [7, 11) is 0. The monoisotopic (exact) mass is 270 g/mol. The molecule has 20 heavy (non-hydrogen) atoms. The van der Waals surface area contributed by atoms with Gasteiger partial charge in [-0.05, 0) is 50.5 Å². The lowest BCUT2D eigenvalue weighted by atomic mass is 9.97. The zero-order chi connectivity index (χ0) is 13.8. The van der Waals surface area contributed by atoms with Gasteiger partial charge in [0.1, 0.15) is 5.82 Å². The molecule has 1 fully saturated rings. The molecule has 1 aromatic carbocycles. The Morgan fingerprint density at radius 2 is 1.90 bits per heavy atom. The van der Waals surface area contributed by atoms with E-state index < -0.39 is 0 Å². The first-order valence-corrected chi connectivity index (χ1v) is 7.37. The van der Waals surface area contributed by atoms with Gasteiger partial charge < -0.3 is 10.3 Å². The number of nitrogens with zero attached hydrogens (tertiary/aromatic N) is 3. The van der Waals surface area contributed by atoms with E-state index in [9.17, 15) is 0 Å². The van der Waals surface area contributed by atoms with E-state index in [-0.39, 0.29) is 0 Å². The van der Waals surface area contributed by atoms with Gasteiger partial charge in [-0.25, -0.2) is 4.98 Å². The van der Waals surface area contributed by atoms with E-state index in [1.807, 2.05) is 18.5 Å². The number of hydrogen-bond donors (Lipinski definition) is 1. The standard InChI is InChI=1S/C16H22N4/c17-12-14-6-9-19(10-7-14)13-16-18-8-11-20(16)15-4-2-1-3-5-15/h1-5,8,11,14H,6-7,9-10,12-13,17H2. The molecule has 2 aromatic rings. The number of aromatic nitrogens is 2. The van der Waals surface area contributed by atoms with Gasteiger partial charge in [0.25, 0.3) is 0 Å². The Morgan fingerprint density at radius 1 is 1.15 bits per heavy atom. The molecule has 106 valence electrons. The van der Waals surface area contributed by atoms with Crippen LogP contribution in [-0.2, 0) is 6.54 Å². The lowest BCUT2D eigenvalue weighted by Gasteiger charge is -2.31. The average molecular weight is 270 g/mol. The molecule has 0 bridgehead atoms. The molecule has 4 nitrogen and oxygen atoms in total. The molecule has 3 rings (SSSR count). The fraction of sp³-hybridized carbons (Fsp3) is 0.438. The molecule has 0 aliphatic carbocycles. The van der Waals surface area contributed by atoms with Crippen molar-refractivity contribution >= 4 is 0 Å². The maximum atomic E-state index is 5.75. The van der Waals surface area contributed by atoms with Crippen molar-refractivity contribution in [3.05, 3.63) is 48.5 Å². The van der Waals surface area contributed by atoms with Gasteiger partial charge >= 0.3 is 0 Å². The highest BCUT2D eigenvalue weighted by atomic mass is 15.2. The highest BCUT2D eigenvalue weighted by Crippen LogP contribution is 2.18. The molecule has 4 heteroatoms. The Bertz CT molecular complexity index is 526. The summed E-state index contributed by atoms with van der Waals surface area (Å²) in [6.07, 6.45) is 6.34. The largest absolute Gasteiger partial charge is 0.330 e. The highest BCUT2D eigenvalue weighted by Gasteiger charge is 2.19. The van der Waals surface area contributed by atoms with Gasteiger partial charge in [-0.2, -0.15) is 0 Å². The van der Waals surface area contributed by atoms with Gasteiger partial charge in [0, 0.05) is 18.1 Å². The van der Waals surface area contributed by atoms with Crippen molar-refractivity contribution < 1.29 is 0 Å². The zero-order valence-electron chi connectivity index (χ0n) is 11.8. The van der Waals surface area contributed by atoms with E-state index >= 15 is 0 Å². The molecule has 2 heterocycles. The summed E-state index contributed by atoms with van der Waals surface area (Å²) in [5, 5.41) is 0. The Balaban J connectivity index is 1.69. The van der Waals surface area contributed by atoms with Gasteiger partial charge in [0.05, 0.1) is 6.54 Å². The summed E-state index contributed by atoms with van der Waals surface area (Å²) in [4.78, 5) is 7.00. The van der Waals surface area contributed by atoms with Crippen molar-refractivity contribution in [3.8, 4) is 5.69 Å². The molecule has 0 saturated carbocycles. The lowest BCUT2D eigenvalue weighted by molar-refractivity contribution is 0.176. The number of likely N-dealkylation sites (tertiary alicyclic amines) is 1. The second kappa shape index (κ2) is 6.20. The number of para-hydroxylation sites is 1. The third-order valence-electron chi connectivity index (χ3n) is 4.16. The van der Waals surface area contributed by atoms with Gasteiger partial charge in [0.15, 0.2) is 0 Å². The predicted octanol–water partition coefficient (Wildman–Crippen LogP) is 2.04. The normalized spacial score (nSPS) is 17.4. The van der Waals surface area contributed by atoms with Crippen molar-refractivity contribution in [2.75, 3.05) is 19.6 Å². The molecule has 1 saturated heterocycles. The van der Waals surface area contributed by atoms with E-state index in [1.165, 1.54) is 18.5 Å². The Kier molecular flexibility index (Phi) is 4.14. The molecule has 0 amide bonds. The predicted molar refractivity (Wildman–Crippen MR) is 80.6 cm³/mol. The molecule has 0 spiro atoms. The first-order valence-electron chi connectivity index (χ1n) is 7.37. The highest BCUT2D eigenvalue weighted by molar-refractivity contribution is 5.32. The van der Waals surface area contributed by atoms with Gasteiger partial charge in [-0.1, -0.05) is 18.2 Å². The molecule has 0 unspecified atom stereocenters. The van der Waals surface area contributed by atoms with E-state index in [4.69, 9.17) is 5.73 Å². The number of hydrogen-bond acceptors (Lipinski definition) is 3. The summed E-state index contributed by atoms with van der Waals surface area (Å²) in [5.74, 6) is 1.82. The van der Waals surface area contributed by atoms with Gasteiger partial charge in [-0.15, -0.1) is 0 Å². The molecule has 0 atom stereocenters. The summed E-state index contributed by atoms with van der Waals surface area (Å²) in [6, 6.07) is 10.4. The van der Waals surface area contributed by atoms with Crippen LogP contribution in [0.4, 0.5) is 0 Å². The molecule has 1 aromatic heterocycles. The molecular formula is C16H22N4. The minimum Gasteiger partial charge on any atom is -0.330 e. The van der Waals surface area contributed by atoms with Crippen molar-refractivity contribution in [2.45, 2.75) is 19.4 Å². The van der Waals surface area contributed by atoms with E-state index in [0.717, 1.165) is 32.0 Å². The maximum absolute atomic E-state index is 5.75. The van der Waals surface area contributed by atoms with Gasteiger partial charge in [0.2, 0.25) is 0 Å². The minimum absolute atomic E-state index is 0.708. The van der Waals surface area contributed by atoms with Crippen LogP contribution >= 0.6 is 0 Å². The number of rotatable bonds is 4. The second-order valence-corrected chi connectivity index (χ2v) is 5.50. The number of nitrogens with two attached hydrogens (primary N) is 1. The quantitative estimate of drug-likeness (QED) is 0.925. The van der Waals surface area contributed by atoms with Crippen molar-refractivity contribution in [2.24, 2.45) is 11.7 Å². The van der Waals surface area contributed by atoms with Crippen LogP contribution in [0.25, 0.3) is 5.69 Å². The fourth-order valence-electron chi connectivity index (χ4n) is 2.86. The molecule has 0 radical (unpaired) electrons. The summed E-state index contributed by atoms with van der Waals surface area (Å²) in [6.45, 7) is 4.00. The average Bonchev–Trinajstić information content (AvgIpc) is 2.97. The second-order valence-electron chi connectivity index (χ2n) is 5.50. The summed E-state index contributed by atoms with van der Waals surface area (Å²) < 4.78 is 2.18. The van der Waals surface area contributed by atoms with Crippen molar-refractivity contribution in [3.63, 3.8) is 0 Å². The first-order chi connectivity index (χ1) is 9.86. The van der Waals surface area contributed by atoms with Crippen LogP contribution < -0.4 is 5.73 Å². The Morgan fingerprint density at radius 3 is 2.60 bits per heavy atom. The smallest absolute Gasteiger partial charge is 0.127 e. The number of piperidine rings is 1. The number of benzene rings is 1. The van der Waals surface area contributed by atoms with E-state index in [2.05, 4.69) is 38.7 Å². The topological polar surface area (TPSA) is 47.1 Å². The third kappa shape index (κ3) is 2.92. The molecule has 1 aliphatic heterocycles. The van der Waals surface area contributed by atoms with E-state index in [1.54, 1.807) is 0 Å². The minimum atomic E-state index is 0.708. The van der Waals surface area contributed by atoms with Crippen LogP contribution in [0.3, 0.4) is 0 Å². The summed E-state index contributed by atoms with van der Waals surface area (Å²) >= 11 is 0. The Hall–Kier alpha value is -1.65. The van der Waals surface area contributed by atoms with E-state index in [0.29, 0.717) is 5.92 Å². The Labute approximate surface area is 120 Å². The molecular weight excluding hydrogens is 248 g/mol. The lowest BCUT2D eigenvalue weighted by Crippen LogP contribution is -2.36. The van der Waals surface area contributed by atoms with Gasteiger partial charge in [-0.3, -0.25) is 4.90 Å². The fourth-order valence-corrected chi connectivity index (χ4v) is 2.86. The van der Waals surface area contributed by atoms with Crippen LogP contribution in [0.5, 0.6) is 0 Å². The third-order valence-corrected chi connectivity index (χ3v) is 4.16. The van der Waals surface area contributed by atoms with Crippen LogP contribution in [0.2, 0.25) is 0 Å². The molecule has 2 N–H and O–H groups in total. The first kappa shape index (κ1) is 13.3. The van der Waals surface area contributed by atoms with Crippen LogP contribution in [0, 0.1) is 5.92 Å².